The molecule has 1 aromatic heterocycles. The highest BCUT2D eigenvalue weighted by Crippen LogP contribution is 2.26. The summed E-state index contributed by atoms with van der Waals surface area (Å²) >= 11 is 0. The Labute approximate surface area is 122 Å². The molecule has 0 amide bonds. The van der Waals surface area contributed by atoms with Gasteiger partial charge in [0.05, 0.1) is 5.69 Å². The molecule has 0 aliphatic rings. The van der Waals surface area contributed by atoms with Gasteiger partial charge < -0.3 is 5.32 Å². The number of hydrogen-bond acceptors (Lipinski definition) is 5. The molecule has 0 aliphatic heterocycles. The average Bonchev–Trinajstić information content (AvgIpc) is 2.32. The molecular weight excluding hydrogens is 274 g/mol. The van der Waals surface area contributed by atoms with Gasteiger partial charge in [0.1, 0.15) is 16.9 Å². The lowest BCUT2D eigenvalue weighted by atomic mass is 9.92. The van der Waals surface area contributed by atoms with E-state index in [1.807, 2.05) is 26.8 Å². The van der Waals surface area contributed by atoms with Crippen LogP contribution in [0.4, 0.5) is 5.82 Å². The maximum atomic E-state index is 11.7. The van der Waals surface area contributed by atoms with Crippen molar-refractivity contribution in [1.82, 2.24) is 9.97 Å². The molecule has 114 valence electrons. The maximum absolute atomic E-state index is 11.7. The number of aromatic nitrogens is 2. The van der Waals surface area contributed by atoms with E-state index in [1.54, 1.807) is 6.92 Å². The lowest BCUT2D eigenvalue weighted by Gasteiger charge is -2.21. The van der Waals surface area contributed by atoms with Crippen LogP contribution in [0, 0.1) is 0 Å². The van der Waals surface area contributed by atoms with Crippen molar-refractivity contribution in [2.75, 3.05) is 18.1 Å². The smallest absolute Gasteiger partial charge is 0.157 e. The van der Waals surface area contributed by atoms with E-state index in [-0.39, 0.29) is 5.41 Å². The van der Waals surface area contributed by atoms with Gasteiger partial charge in [0, 0.05) is 24.3 Å². The average molecular weight is 299 g/mol. The molecule has 5 nitrogen and oxygen atoms in total. The molecule has 1 atom stereocenters. The standard InChI is InChI=1S/C14H25N3O2S/c1-7-8-15-12-9-11(14(3,4)5)16-13(17-12)10(2)20(6,18)19/h9-10H,7-8H2,1-6H3,(H,15,16,17). The van der Waals surface area contributed by atoms with Crippen LogP contribution < -0.4 is 5.32 Å². The summed E-state index contributed by atoms with van der Waals surface area (Å²) in [6.45, 7) is 10.6. The predicted molar refractivity (Wildman–Crippen MR) is 82.8 cm³/mol. The number of anilines is 1. The molecular formula is C14H25N3O2S. The number of hydrogen-bond donors (Lipinski definition) is 1. The van der Waals surface area contributed by atoms with Crippen LogP contribution in [-0.2, 0) is 15.3 Å². The molecule has 0 radical (unpaired) electrons. The Hall–Kier alpha value is -1.17. The maximum Gasteiger partial charge on any atom is 0.157 e. The fourth-order valence-electron chi connectivity index (χ4n) is 1.57. The van der Waals surface area contributed by atoms with Gasteiger partial charge >= 0.3 is 0 Å². The van der Waals surface area contributed by atoms with Crippen LogP contribution >= 0.6 is 0 Å². The minimum atomic E-state index is -3.21. The van der Waals surface area contributed by atoms with E-state index in [1.165, 1.54) is 6.26 Å². The van der Waals surface area contributed by atoms with Crippen LogP contribution in [-0.4, -0.2) is 31.2 Å². The first-order valence-corrected chi connectivity index (χ1v) is 8.83. The molecule has 0 fully saturated rings. The first-order valence-electron chi connectivity index (χ1n) is 6.88. The predicted octanol–water partition coefficient (Wildman–Crippen LogP) is 2.70. The van der Waals surface area contributed by atoms with E-state index in [2.05, 4.69) is 22.2 Å². The molecule has 0 bridgehead atoms. The summed E-state index contributed by atoms with van der Waals surface area (Å²) in [5, 5.41) is 2.51. The van der Waals surface area contributed by atoms with Crippen molar-refractivity contribution in [3.63, 3.8) is 0 Å². The van der Waals surface area contributed by atoms with Gasteiger partial charge in [-0.05, 0) is 13.3 Å². The van der Waals surface area contributed by atoms with Gasteiger partial charge in [-0.1, -0.05) is 27.7 Å². The molecule has 0 saturated carbocycles. The molecule has 0 saturated heterocycles. The van der Waals surface area contributed by atoms with Gasteiger partial charge in [0.15, 0.2) is 9.84 Å². The second-order valence-electron chi connectivity index (χ2n) is 6.15. The molecule has 0 aromatic carbocycles. The lowest BCUT2D eigenvalue weighted by molar-refractivity contribution is 0.557. The van der Waals surface area contributed by atoms with Crippen molar-refractivity contribution in [3.8, 4) is 0 Å². The van der Waals surface area contributed by atoms with E-state index in [0.717, 1.165) is 18.7 Å². The van der Waals surface area contributed by atoms with Crippen LogP contribution in [0.2, 0.25) is 0 Å². The van der Waals surface area contributed by atoms with Crippen LogP contribution in [0.15, 0.2) is 6.07 Å². The van der Waals surface area contributed by atoms with Crippen molar-refractivity contribution in [2.24, 2.45) is 0 Å². The fourth-order valence-corrected chi connectivity index (χ4v) is 2.06. The zero-order chi connectivity index (χ0) is 15.6. The Kier molecular flexibility index (Phi) is 5.13. The van der Waals surface area contributed by atoms with Gasteiger partial charge in [0.2, 0.25) is 0 Å². The molecule has 6 heteroatoms. The zero-order valence-corrected chi connectivity index (χ0v) is 14.0. The fraction of sp³-hybridized carbons (Fsp3) is 0.714. The summed E-state index contributed by atoms with van der Waals surface area (Å²) in [4.78, 5) is 8.80. The summed E-state index contributed by atoms with van der Waals surface area (Å²) in [6.07, 6.45) is 2.19. The third-order valence-electron chi connectivity index (χ3n) is 3.07. The van der Waals surface area contributed by atoms with Crippen LogP contribution in [0.3, 0.4) is 0 Å². The highest BCUT2D eigenvalue weighted by molar-refractivity contribution is 7.90. The Bertz CT molecular complexity index is 562. The lowest BCUT2D eigenvalue weighted by Crippen LogP contribution is -2.20. The Balaban J connectivity index is 3.30. The second kappa shape index (κ2) is 6.08. The summed E-state index contributed by atoms with van der Waals surface area (Å²) in [5.41, 5.74) is 0.689. The van der Waals surface area contributed by atoms with Crippen molar-refractivity contribution >= 4 is 15.7 Å². The van der Waals surface area contributed by atoms with Gasteiger partial charge in [-0.3, -0.25) is 0 Å². The van der Waals surface area contributed by atoms with Gasteiger partial charge in [-0.15, -0.1) is 0 Å². The van der Waals surface area contributed by atoms with E-state index in [9.17, 15) is 8.42 Å². The van der Waals surface area contributed by atoms with Crippen LogP contribution in [0.25, 0.3) is 0 Å². The monoisotopic (exact) mass is 299 g/mol. The van der Waals surface area contributed by atoms with Crippen molar-refractivity contribution in [1.29, 1.82) is 0 Å². The summed E-state index contributed by atoms with van der Waals surface area (Å²) in [5.74, 6) is 1.05. The highest BCUT2D eigenvalue weighted by Gasteiger charge is 2.24. The summed E-state index contributed by atoms with van der Waals surface area (Å²) in [7, 11) is -3.21. The minimum absolute atomic E-state index is 0.155. The van der Waals surface area contributed by atoms with Gasteiger partial charge in [0.25, 0.3) is 0 Å². The number of sulfone groups is 1. The molecule has 1 aromatic rings. The molecule has 0 spiro atoms. The molecule has 1 heterocycles. The highest BCUT2D eigenvalue weighted by atomic mass is 32.2. The molecule has 1 unspecified atom stereocenters. The summed E-state index contributed by atoms with van der Waals surface area (Å²) < 4.78 is 23.4. The first-order chi connectivity index (χ1) is 9.05. The van der Waals surface area contributed by atoms with Crippen LogP contribution in [0.1, 0.15) is 57.8 Å². The number of rotatable bonds is 5. The molecule has 0 aliphatic carbocycles. The van der Waals surface area contributed by atoms with E-state index in [4.69, 9.17) is 0 Å². The van der Waals surface area contributed by atoms with Crippen LogP contribution in [0.5, 0.6) is 0 Å². The third-order valence-corrected chi connectivity index (χ3v) is 4.57. The second-order valence-corrected chi connectivity index (χ2v) is 8.51. The quantitative estimate of drug-likeness (QED) is 0.905. The number of nitrogens with one attached hydrogen (secondary N) is 1. The first kappa shape index (κ1) is 16.9. The van der Waals surface area contributed by atoms with Gasteiger partial charge in [-0.2, -0.15) is 0 Å². The van der Waals surface area contributed by atoms with Crippen molar-refractivity contribution < 1.29 is 8.42 Å². The van der Waals surface area contributed by atoms with E-state index < -0.39 is 15.1 Å². The van der Waals surface area contributed by atoms with Crippen molar-refractivity contribution in [2.45, 2.75) is 51.7 Å². The zero-order valence-electron chi connectivity index (χ0n) is 13.2. The summed E-state index contributed by atoms with van der Waals surface area (Å²) in [6, 6.07) is 1.90. The van der Waals surface area contributed by atoms with Crippen molar-refractivity contribution in [3.05, 3.63) is 17.6 Å². The molecule has 20 heavy (non-hydrogen) atoms. The Morgan fingerprint density at radius 1 is 1.30 bits per heavy atom. The number of nitrogens with zero attached hydrogens (tertiary/aromatic N) is 2. The van der Waals surface area contributed by atoms with E-state index >= 15 is 0 Å². The molecule has 1 N–H and O–H groups in total. The van der Waals surface area contributed by atoms with E-state index in [0.29, 0.717) is 11.6 Å². The third kappa shape index (κ3) is 4.44. The Morgan fingerprint density at radius 2 is 1.90 bits per heavy atom. The molecule has 1 rings (SSSR count). The largest absolute Gasteiger partial charge is 0.370 e. The van der Waals surface area contributed by atoms with Gasteiger partial charge in [-0.25, -0.2) is 18.4 Å². The minimum Gasteiger partial charge on any atom is -0.370 e. The topological polar surface area (TPSA) is 72.0 Å². The normalized spacial score (nSPS) is 14.1. The SMILES string of the molecule is CCCNc1cc(C(C)(C)C)nc(C(C)S(C)(=O)=O)n1. The Morgan fingerprint density at radius 3 is 2.35 bits per heavy atom.